The molecule has 0 N–H and O–H groups in total. The minimum atomic E-state index is 0.903. The average Bonchev–Trinajstić information content (AvgIpc) is 3.57. The summed E-state index contributed by atoms with van der Waals surface area (Å²) in [5.74, 6) is 0.903. The van der Waals surface area contributed by atoms with Crippen LogP contribution >= 0.6 is 0 Å². The molecular formula is C32H22N4. The molecule has 3 heterocycles. The van der Waals surface area contributed by atoms with Gasteiger partial charge in [-0.05, 0) is 47.0 Å². The fraction of sp³-hybridized carbons (Fsp3) is 0. The summed E-state index contributed by atoms with van der Waals surface area (Å²) in [6.07, 6.45) is 5.85. The standard InChI is InChI=1S/C32H22N4/c1-2-8-23(9-3-1)24-13-15-25(16-14-24)26-21-34-35(22-26)27-17-18-29-28-10-4-5-11-30(28)36(31(29)20-27)32-12-6-7-19-33-32/h1-22H. The Morgan fingerprint density at radius 2 is 1.22 bits per heavy atom. The molecule has 4 aromatic carbocycles. The van der Waals surface area contributed by atoms with Crippen LogP contribution in [0.25, 0.3) is 55.6 Å². The van der Waals surface area contributed by atoms with Crippen LogP contribution in [-0.4, -0.2) is 19.3 Å². The monoisotopic (exact) mass is 462 g/mol. The Hall–Kier alpha value is -4.96. The van der Waals surface area contributed by atoms with Gasteiger partial charge in [0.25, 0.3) is 0 Å². The van der Waals surface area contributed by atoms with Crippen LogP contribution in [-0.2, 0) is 0 Å². The van der Waals surface area contributed by atoms with Crippen LogP contribution in [0.5, 0.6) is 0 Å². The number of fused-ring (bicyclic) bond motifs is 3. The fourth-order valence-electron chi connectivity index (χ4n) is 4.93. The first-order valence-electron chi connectivity index (χ1n) is 12.0. The fourth-order valence-corrected chi connectivity index (χ4v) is 4.93. The number of rotatable bonds is 4. The zero-order valence-electron chi connectivity index (χ0n) is 19.5. The SMILES string of the molecule is c1ccc(-c2ccc(-c3cnn(-c4ccc5c6ccccc6n(-c6ccccn6)c5c4)c3)cc2)cc1. The molecule has 4 nitrogen and oxygen atoms in total. The van der Waals surface area contributed by atoms with E-state index in [2.05, 4.69) is 107 Å². The molecule has 0 saturated carbocycles. The summed E-state index contributed by atoms with van der Waals surface area (Å²) < 4.78 is 4.17. The number of aromatic nitrogens is 4. The number of hydrogen-bond acceptors (Lipinski definition) is 2. The first kappa shape index (κ1) is 20.4. The predicted octanol–water partition coefficient (Wildman–Crippen LogP) is 7.70. The lowest BCUT2D eigenvalue weighted by molar-refractivity contribution is 0.881. The molecular weight excluding hydrogens is 440 g/mol. The van der Waals surface area contributed by atoms with Gasteiger partial charge < -0.3 is 0 Å². The largest absolute Gasteiger partial charge is 0.294 e. The second-order valence-corrected chi connectivity index (χ2v) is 8.86. The second kappa shape index (κ2) is 8.36. The van der Waals surface area contributed by atoms with Crippen molar-refractivity contribution in [3.63, 3.8) is 0 Å². The maximum Gasteiger partial charge on any atom is 0.137 e. The van der Waals surface area contributed by atoms with Crippen molar-refractivity contribution in [1.82, 2.24) is 19.3 Å². The third-order valence-electron chi connectivity index (χ3n) is 6.71. The van der Waals surface area contributed by atoms with Gasteiger partial charge in [0.05, 0.1) is 22.9 Å². The van der Waals surface area contributed by atoms with Crippen LogP contribution in [0.15, 0.2) is 134 Å². The minimum Gasteiger partial charge on any atom is -0.294 e. The molecule has 0 fully saturated rings. The van der Waals surface area contributed by atoms with Crippen LogP contribution < -0.4 is 0 Å². The smallest absolute Gasteiger partial charge is 0.137 e. The zero-order chi connectivity index (χ0) is 23.9. The highest BCUT2D eigenvalue weighted by molar-refractivity contribution is 6.09. The summed E-state index contributed by atoms with van der Waals surface area (Å²) in [4.78, 5) is 4.64. The average molecular weight is 463 g/mol. The van der Waals surface area contributed by atoms with Crippen molar-refractivity contribution in [2.75, 3.05) is 0 Å². The van der Waals surface area contributed by atoms with Crippen LogP contribution in [0.4, 0.5) is 0 Å². The maximum absolute atomic E-state index is 4.70. The van der Waals surface area contributed by atoms with Gasteiger partial charge >= 0.3 is 0 Å². The van der Waals surface area contributed by atoms with E-state index in [4.69, 9.17) is 5.10 Å². The topological polar surface area (TPSA) is 35.6 Å². The minimum absolute atomic E-state index is 0.903. The van der Waals surface area contributed by atoms with Crippen LogP contribution in [0, 0.1) is 0 Å². The third-order valence-corrected chi connectivity index (χ3v) is 6.71. The summed E-state index contributed by atoms with van der Waals surface area (Å²) in [5, 5.41) is 7.11. The second-order valence-electron chi connectivity index (χ2n) is 8.86. The van der Waals surface area contributed by atoms with Crippen LogP contribution in [0.3, 0.4) is 0 Å². The lowest BCUT2D eigenvalue weighted by atomic mass is 10.0. The van der Waals surface area contributed by atoms with Gasteiger partial charge in [-0.1, -0.05) is 84.9 Å². The van der Waals surface area contributed by atoms with E-state index in [9.17, 15) is 0 Å². The van der Waals surface area contributed by atoms with E-state index in [1.54, 1.807) is 0 Å². The first-order chi connectivity index (χ1) is 17.8. The van der Waals surface area contributed by atoms with Crippen molar-refractivity contribution in [2.45, 2.75) is 0 Å². The summed E-state index contributed by atoms with van der Waals surface area (Å²) in [7, 11) is 0. The van der Waals surface area contributed by atoms with Gasteiger partial charge in [0.1, 0.15) is 5.82 Å². The van der Waals surface area contributed by atoms with Crippen molar-refractivity contribution in [3.8, 4) is 33.8 Å². The van der Waals surface area contributed by atoms with Gasteiger partial charge in [0.15, 0.2) is 0 Å². The number of hydrogen-bond donors (Lipinski definition) is 0. The molecule has 0 amide bonds. The summed E-state index contributed by atoms with van der Waals surface area (Å²) in [5.41, 5.74) is 7.91. The Balaban J connectivity index is 1.30. The molecule has 4 heteroatoms. The molecule has 0 aliphatic heterocycles. The Morgan fingerprint density at radius 3 is 2.03 bits per heavy atom. The molecule has 0 saturated heterocycles. The van der Waals surface area contributed by atoms with Gasteiger partial charge in [0.2, 0.25) is 0 Å². The van der Waals surface area contributed by atoms with E-state index < -0.39 is 0 Å². The van der Waals surface area contributed by atoms with Crippen molar-refractivity contribution in [3.05, 3.63) is 134 Å². The van der Waals surface area contributed by atoms with E-state index in [1.807, 2.05) is 41.3 Å². The molecule has 7 rings (SSSR count). The van der Waals surface area contributed by atoms with Crippen molar-refractivity contribution in [1.29, 1.82) is 0 Å². The normalized spacial score (nSPS) is 11.3. The van der Waals surface area contributed by atoms with Crippen molar-refractivity contribution >= 4 is 21.8 Å². The highest BCUT2D eigenvalue weighted by atomic mass is 15.3. The Bertz CT molecular complexity index is 1810. The molecule has 0 atom stereocenters. The Kier molecular flexibility index (Phi) is 4.74. The first-order valence-corrected chi connectivity index (χ1v) is 12.0. The zero-order valence-corrected chi connectivity index (χ0v) is 19.5. The maximum atomic E-state index is 4.70. The molecule has 0 aliphatic carbocycles. The molecule has 170 valence electrons. The molecule has 0 bridgehead atoms. The number of para-hydroxylation sites is 1. The summed E-state index contributed by atoms with van der Waals surface area (Å²) in [6.45, 7) is 0. The van der Waals surface area contributed by atoms with Gasteiger partial charge in [-0.25, -0.2) is 9.67 Å². The lowest BCUT2D eigenvalue weighted by Gasteiger charge is -2.07. The summed E-state index contributed by atoms with van der Waals surface area (Å²) >= 11 is 0. The van der Waals surface area contributed by atoms with Crippen LogP contribution in [0.2, 0.25) is 0 Å². The van der Waals surface area contributed by atoms with Crippen molar-refractivity contribution < 1.29 is 0 Å². The third kappa shape index (κ3) is 3.39. The van der Waals surface area contributed by atoms with Gasteiger partial charge in [-0.15, -0.1) is 0 Å². The highest BCUT2D eigenvalue weighted by Crippen LogP contribution is 2.33. The molecule has 0 aliphatic rings. The van der Waals surface area contributed by atoms with E-state index in [1.165, 1.54) is 21.9 Å². The van der Waals surface area contributed by atoms with Gasteiger partial charge in [-0.2, -0.15) is 5.10 Å². The van der Waals surface area contributed by atoms with Crippen molar-refractivity contribution in [2.24, 2.45) is 0 Å². The van der Waals surface area contributed by atoms with Crippen LogP contribution in [0.1, 0.15) is 0 Å². The van der Waals surface area contributed by atoms with Gasteiger partial charge in [-0.3, -0.25) is 4.57 Å². The molecule has 7 aromatic rings. The van der Waals surface area contributed by atoms with E-state index in [-0.39, 0.29) is 0 Å². The molecule has 3 aromatic heterocycles. The highest BCUT2D eigenvalue weighted by Gasteiger charge is 2.14. The molecule has 0 radical (unpaired) electrons. The van der Waals surface area contributed by atoms with E-state index in [0.29, 0.717) is 0 Å². The predicted molar refractivity (Wildman–Crippen MR) is 147 cm³/mol. The van der Waals surface area contributed by atoms with E-state index in [0.717, 1.165) is 33.7 Å². The molecule has 0 spiro atoms. The van der Waals surface area contributed by atoms with E-state index >= 15 is 0 Å². The molecule has 36 heavy (non-hydrogen) atoms. The quantitative estimate of drug-likeness (QED) is 0.269. The number of nitrogens with zero attached hydrogens (tertiary/aromatic N) is 4. The van der Waals surface area contributed by atoms with Gasteiger partial charge in [0, 0.05) is 28.7 Å². The Morgan fingerprint density at radius 1 is 0.528 bits per heavy atom. The number of pyridine rings is 1. The Labute approximate surface area is 208 Å². The number of benzene rings is 4. The molecule has 0 unspecified atom stereocenters. The summed E-state index contributed by atoms with van der Waals surface area (Å²) in [6, 6.07) is 40.1. The lowest BCUT2D eigenvalue weighted by Crippen LogP contribution is -1.98.